The summed E-state index contributed by atoms with van der Waals surface area (Å²) in [4.78, 5) is 3.97. The lowest BCUT2D eigenvalue weighted by atomic mass is 9.97. The predicted octanol–water partition coefficient (Wildman–Crippen LogP) is 4.13. The SMILES string of the molecule is NC(=NN=Cc1c2ccccc2cc2ccccc12)c1ccncc1. The first kappa shape index (κ1) is 15.0. The van der Waals surface area contributed by atoms with Gasteiger partial charge in [0, 0.05) is 23.5 Å². The first-order valence-electron chi connectivity index (χ1n) is 8.00. The van der Waals surface area contributed by atoms with Gasteiger partial charge in [0.05, 0.1) is 6.21 Å². The first-order chi connectivity index (χ1) is 12.3. The molecule has 25 heavy (non-hydrogen) atoms. The van der Waals surface area contributed by atoms with Crippen LogP contribution in [0.5, 0.6) is 0 Å². The van der Waals surface area contributed by atoms with Crippen LogP contribution < -0.4 is 5.73 Å². The van der Waals surface area contributed by atoms with E-state index in [0.717, 1.165) is 21.9 Å². The van der Waals surface area contributed by atoms with Crippen molar-refractivity contribution in [3.63, 3.8) is 0 Å². The van der Waals surface area contributed by atoms with E-state index in [2.05, 4.69) is 45.5 Å². The lowest BCUT2D eigenvalue weighted by Crippen LogP contribution is -2.12. The highest BCUT2D eigenvalue weighted by Gasteiger charge is 2.05. The molecule has 0 saturated carbocycles. The zero-order valence-corrected chi connectivity index (χ0v) is 13.5. The van der Waals surface area contributed by atoms with Crippen molar-refractivity contribution in [1.82, 2.24) is 4.98 Å². The minimum absolute atomic E-state index is 0.364. The number of nitrogens with two attached hydrogens (primary N) is 1. The van der Waals surface area contributed by atoms with Crippen LogP contribution in [0.15, 0.2) is 89.3 Å². The molecule has 4 heteroatoms. The zero-order valence-electron chi connectivity index (χ0n) is 13.5. The van der Waals surface area contributed by atoms with Gasteiger partial charge in [0.2, 0.25) is 0 Å². The Morgan fingerprint density at radius 2 is 1.44 bits per heavy atom. The van der Waals surface area contributed by atoms with E-state index in [4.69, 9.17) is 5.73 Å². The van der Waals surface area contributed by atoms with Gasteiger partial charge in [0.1, 0.15) is 0 Å². The van der Waals surface area contributed by atoms with E-state index >= 15 is 0 Å². The van der Waals surface area contributed by atoms with Gasteiger partial charge in [-0.25, -0.2) is 0 Å². The van der Waals surface area contributed by atoms with Crippen LogP contribution in [0, 0.1) is 0 Å². The molecule has 2 N–H and O–H groups in total. The number of aromatic nitrogens is 1. The number of amidine groups is 1. The van der Waals surface area contributed by atoms with Gasteiger partial charge >= 0.3 is 0 Å². The summed E-state index contributed by atoms with van der Waals surface area (Å²) in [5.74, 6) is 0.364. The third-order valence-corrected chi connectivity index (χ3v) is 4.14. The van der Waals surface area contributed by atoms with Gasteiger partial charge in [-0.3, -0.25) is 4.98 Å². The van der Waals surface area contributed by atoms with Crippen LogP contribution in [-0.4, -0.2) is 17.0 Å². The topological polar surface area (TPSA) is 63.6 Å². The molecule has 0 bridgehead atoms. The van der Waals surface area contributed by atoms with Gasteiger partial charge in [-0.05, 0) is 39.7 Å². The van der Waals surface area contributed by atoms with E-state index in [1.807, 2.05) is 36.4 Å². The summed E-state index contributed by atoms with van der Waals surface area (Å²) in [5, 5.41) is 13.0. The summed E-state index contributed by atoms with van der Waals surface area (Å²) in [6.45, 7) is 0. The Labute approximate surface area is 145 Å². The Hall–Kier alpha value is -3.53. The summed E-state index contributed by atoms with van der Waals surface area (Å²) in [5.41, 5.74) is 7.84. The fraction of sp³-hybridized carbons (Fsp3) is 0. The molecule has 1 heterocycles. The number of fused-ring (bicyclic) bond motifs is 2. The molecule has 4 rings (SSSR count). The molecule has 0 unspecified atom stereocenters. The number of nitrogens with zero attached hydrogens (tertiary/aromatic N) is 3. The van der Waals surface area contributed by atoms with Crippen LogP contribution >= 0.6 is 0 Å². The van der Waals surface area contributed by atoms with Crippen molar-refractivity contribution in [2.45, 2.75) is 0 Å². The smallest absolute Gasteiger partial charge is 0.153 e. The molecule has 0 aliphatic heterocycles. The van der Waals surface area contributed by atoms with Crippen molar-refractivity contribution < 1.29 is 0 Å². The Kier molecular flexibility index (Phi) is 3.92. The van der Waals surface area contributed by atoms with Crippen molar-refractivity contribution in [1.29, 1.82) is 0 Å². The molecule has 0 atom stereocenters. The lowest BCUT2D eigenvalue weighted by molar-refractivity contribution is 1.22. The quantitative estimate of drug-likeness (QED) is 0.266. The minimum Gasteiger partial charge on any atom is -0.382 e. The van der Waals surface area contributed by atoms with Crippen LogP contribution in [-0.2, 0) is 0 Å². The van der Waals surface area contributed by atoms with Gasteiger partial charge in [-0.1, -0.05) is 48.5 Å². The molecular formula is C21H16N4. The second kappa shape index (κ2) is 6.53. The van der Waals surface area contributed by atoms with Crippen molar-refractivity contribution in [3.05, 3.63) is 90.3 Å². The Morgan fingerprint density at radius 1 is 0.840 bits per heavy atom. The molecule has 120 valence electrons. The second-order valence-electron chi connectivity index (χ2n) is 5.70. The average Bonchev–Trinajstić information content (AvgIpc) is 2.68. The average molecular weight is 324 g/mol. The fourth-order valence-electron chi connectivity index (χ4n) is 2.92. The molecule has 0 saturated heterocycles. The van der Waals surface area contributed by atoms with E-state index < -0.39 is 0 Å². The fourth-order valence-corrected chi connectivity index (χ4v) is 2.92. The molecule has 3 aromatic carbocycles. The van der Waals surface area contributed by atoms with E-state index in [1.165, 1.54) is 10.8 Å². The molecule has 4 aromatic rings. The summed E-state index contributed by atoms with van der Waals surface area (Å²) in [6, 6.07) is 22.3. The maximum Gasteiger partial charge on any atom is 0.153 e. The highest BCUT2D eigenvalue weighted by Crippen LogP contribution is 2.27. The normalized spacial score (nSPS) is 12.2. The van der Waals surface area contributed by atoms with Gasteiger partial charge in [-0.2, -0.15) is 5.10 Å². The van der Waals surface area contributed by atoms with Gasteiger partial charge in [0.25, 0.3) is 0 Å². The van der Waals surface area contributed by atoms with Crippen molar-refractivity contribution in [3.8, 4) is 0 Å². The van der Waals surface area contributed by atoms with Crippen LogP contribution in [0.3, 0.4) is 0 Å². The third kappa shape index (κ3) is 2.97. The van der Waals surface area contributed by atoms with Crippen molar-refractivity contribution >= 4 is 33.6 Å². The highest BCUT2D eigenvalue weighted by molar-refractivity contribution is 6.13. The maximum absolute atomic E-state index is 5.99. The molecule has 0 spiro atoms. The lowest BCUT2D eigenvalue weighted by Gasteiger charge is -2.07. The Balaban J connectivity index is 1.82. The molecule has 0 fully saturated rings. The zero-order chi connectivity index (χ0) is 17.1. The summed E-state index contributed by atoms with van der Waals surface area (Å²) < 4.78 is 0. The number of hydrogen-bond donors (Lipinski definition) is 1. The van der Waals surface area contributed by atoms with E-state index in [1.54, 1.807) is 18.6 Å². The standard InChI is InChI=1S/C21H16N4/c22-21(15-9-11-23-12-10-15)25-24-14-20-18-7-3-1-5-16(18)13-17-6-2-4-8-19(17)20/h1-14H,(H2,22,25). The number of hydrogen-bond acceptors (Lipinski definition) is 3. The van der Waals surface area contributed by atoms with Gasteiger partial charge in [0.15, 0.2) is 5.84 Å². The first-order valence-corrected chi connectivity index (χ1v) is 8.00. The molecule has 1 aromatic heterocycles. The second-order valence-corrected chi connectivity index (χ2v) is 5.70. The molecule has 4 nitrogen and oxygen atoms in total. The van der Waals surface area contributed by atoms with Crippen LogP contribution in [0.4, 0.5) is 0 Å². The summed E-state index contributed by atoms with van der Waals surface area (Å²) in [6.07, 6.45) is 5.14. The molecule has 0 aliphatic carbocycles. The molecule has 0 amide bonds. The highest BCUT2D eigenvalue weighted by atomic mass is 15.2. The van der Waals surface area contributed by atoms with Gasteiger partial charge in [-0.15, -0.1) is 5.10 Å². The largest absolute Gasteiger partial charge is 0.382 e. The van der Waals surface area contributed by atoms with E-state index in [9.17, 15) is 0 Å². The minimum atomic E-state index is 0.364. The van der Waals surface area contributed by atoms with Crippen LogP contribution in [0.1, 0.15) is 11.1 Å². The van der Waals surface area contributed by atoms with E-state index in [-0.39, 0.29) is 0 Å². The van der Waals surface area contributed by atoms with Crippen LogP contribution in [0.25, 0.3) is 21.5 Å². The molecular weight excluding hydrogens is 308 g/mol. The summed E-state index contributed by atoms with van der Waals surface area (Å²) >= 11 is 0. The van der Waals surface area contributed by atoms with Gasteiger partial charge < -0.3 is 5.73 Å². The molecule has 0 aliphatic rings. The number of benzene rings is 3. The predicted molar refractivity (Wildman–Crippen MR) is 104 cm³/mol. The molecule has 0 radical (unpaired) electrons. The van der Waals surface area contributed by atoms with Crippen molar-refractivity contribution in [2.24, 2.45) is 15.9 Å². The Morgan fingerprint density at radius 3 is 2.08 bits per heavy atom. The Bertz CT molecular complexity index is 1040. The van der Waals surface area contributed by atoms with Crippen molar-refractivity contribution in [2.75, 3.05) is 0 Å². The number of pyridine rings is 1. The number of rotatable bonds is 3. The van der Waals surface area contributed by atoms with E-state index in [0.29, 0.717) is 5.84 Å². The monoisotopic (exact) mass is 324 g/mol. The van der Waals surface area contributed by atoms with Crippen LogP contribution in [0.2, 0.25) is 0 Å². The third-order valence-electron chi connectivity index (χ3n) is 4.14. The summed E-state index contributed by atoms with van der Waals surface area (Å²) in [7, 11) is 0. The maximum atomic E-state index is 5.99.